The summed E-state index contributed by atoms with van der Waals surface area (Å²) in [5, 5.41) is 3.80. The largest absolute Gasteiger partial charge is 0.351 e. The Morgan fingerprint density at radius 3 is 2.63 bits per heavy atom. The molecular weight excluding hydrogens is 383 g/mol. The molecular formula is C23H31FN4O2. The van der Waals surface area contributed by atoms with Crippen LogP contribution >= 0.6 is 0 Å². The highest BCUT2D eigenvalue weighted by Gasteiger charge is 2.20. The minimum atomic E-state index is -0.354. The number of hydrogen-bond donors (Lipinski definition) is 2. The van der Waals surface area contributed by atoms with Gasteiger partial charge in [0.15, 0.2) is 6.29 Å². The van der Waals surface area contributed by atoms with Crippen molar-refractivity contribution in [2.75, 3.05) is 19.0 Å². The van der Waals surface area contributed by atoms with Gasteiger partial charge in [-0.3, -0.25) is 9.78 Å². The molecule has 2 aromatic heterocycles. The Labute approximate surface area is 177 Å². The number of pyridine rings is 1. The van der Waals surface area contributed by atoms with Gasteiger partial charge in [0.05, 0.1) is 23.5 Å². The third-order valence-corrected chi connectivity index (χ3v) is 4.70. The van der Waals surface area contributed by atoms with E-state index in [1.165, 1.54) is 18.9 Å². The Morgan fingerprint density at radius 2 is 2.03 bits per heavy atom. The van der Waals surface area contributed by atoms with E-state index in [4.69, 9.17) is 4.84 Å². The molecule has 0 aliphatic heterocycles. The summed E-state index contributed by atoms with van der Waals surface area (Å²) in [6.07, 6.45) is 6.81. The van der Waals surface area contributed by atoms with Crippen molar-refractivity contribution in [3.05, 3.63) is 53.7 Å². The van der Waals surface area contributed by atoms with Crippen molar-refractivity contribution >= 4 is 28.6 Å². The van der Waals surface area contributed by atoms with E-state index in [0.29, 0.717) is 17.1 Å². The summed E-state index contributed by atoms with van der Waals surface area (Å²) in [6, 6.07) is 6.75. The zero-order chi connectivity index (χ0) is 22.1. The maximum Gasteiger partial charge on any atom is 0.168 e. The first-order valence-electron chi connectivity index (χ1n) is 10.2. The number of nitrogens with one attached hydrogen (secondary N) is 2. The molecule has 1 aliphatic carbocycles. The highest BCUT2D eigenvalue weighted by molar-refractivity contribution is 6.03. The second-order valence-corrected chi connectivity index (χ2v) is 6.90. The summed E-state index contributed by atoms with van der Waals surface area (Å²) in [5.74, 6) is 0.514. The molecule has 4 rings (SSSR count). The third-order valence-electron chi connectivity index (χ3n) is 4.70. The highest BCUT2D eigenvalue weighted by Crippen LogP contribution is 2.32. The van der Waals surface area contributed by atoms with E-state index in [1.807, 2.05) is 32.9 Å². The monoisotopic (exact) mass is 414 g/mol. The van der Waals surface area contributed by atoms with Crippen LogP contribution in [0, 0.1) is 18.7 Å². The van der Waals surface area contributed by atoms with Gasteiger partial charge in [0.2, 0.25) is 0 Å². The average Bonchev–Trinajstić information content (AvgIpc) is 3.55. The molecule has 1 saturated carbocycles. The summed E-state index contributed by atoms with van der Waals surface area (Å²) in [5.41, 5.74) is 5.70. The summed E-state index contributed by atoms with van der Waals surface area (Å²) < 4.78 is 15.8. The smallest absolute Gasteiger partial charge is 0.168 e. The minimum absolute atomic E-state index is 0.333. The van der Waals surface area contributed by atoms with Gasteiger partial charge in [-0.1, -0.05) is 19.9 Å². The Balaban J connectivity index is 0.000000299. The number of aryl methyl sites for hydroxylation is 2. The number of anilines is 2. The predicted molar refractivity (Wildman–Crippen MR) is 120 cm³/mol. The van der Waals surface area contributed by atoms with Crippen LogP contribution < -0.4 is 10.8 Å². The first-order valence-corrected chi connectivity index (χ1v) is 10.2. The summed E-state index contributed by atoms with van der Waals surface area (Å²) in [7, 11) is 3.59. The van der Waals surface area contributed by atoms with Crippen molar-refractivity contribution in [3.63, 3.8) is 0 Å². The molecule has 1 fully saturated rings. The summed E-state index contributed by atoms with van der Waals surface area (Å²) in [6.45, 7) is 6.72. The number of hydroxylamine groups is 1. The van der Waals surface area contributed by atoms with E-state index in [1.54, 1.807) is 37.1 Å². The highest BCUT2D eigenvalue weighted by atomic mass is 19.1. The Bertz CT molecular complexity index is 967. The fourth-order valence-electron chi connectivity index (χ4n) is 2.92. The number of aromatic nitrogens is 2. The topological polar surface area (TPSA) is 68.2 Å². The molecule has 0 unspecified atom stereocenters. The number of nitrogens with zero attached hydrogens (tertiary/aromatic N) is 2. The molecule has 0 amide bonds. The number of halogens is 1. The van der Waals surface area contributed by atoms with Gasteiger partial charge in [-0.2, -0.15) is 0 Å². The molecule has 2 heterocycles. The van der Waals surface area contributed by atoms with Crippen LogP contribution in [0.3, 0.4) is 0 Å². The van der Waals surface area contributed by atoms with Crippen molar-refractivity contribution in [2.45, 2.75) is 33.6 Å². The Morgan fingerprint density at radius 1 is 1.30 bits per heavy atom. The average molecular weight is 415 g/mol. The maximum atomic E-state index is 14.0. The molecule has 2 N–H and O–H groups in total. The predicted octanol–water partition coefficient (Wildman–Crippen LogP) is 5.15. The number of carbonyl (C=O) groups is 1. The van der Waals surface area contributed by atoms with Crippen LogP contribution in [0.1, 0.15) is 42.7 Å². The van der Waals surface area contributed by atoms with Crippen LogP contribution in [-0.4, -0.2) is 29.5 Å². The molecule has 162 valence electrons. The van der Waals surface area contributed by atoms with Gasteiger partial charge in [0, 0.05) is 31.9 Å². The molecule has 6 nitrogen and oxygen atoms in total. The van der Waals surface area contributed by atoms with Crippen molar-refractivity contribution < 1.29 is 14.0 Å². The van der Waals surface area contributed by atoms with E-state index in [-0.39, 0.29) is 5.82 Å². The lowest BCUT2D eigenvalue weighted by Crippen LogP contribution is -2.08. The van der Waals surface area contributed by atoms with Crippen molar-refractivity contribution in [3.8, 4) is 0 Å². The zero-order valence-corrected chi connectivity index (χ0v) is 18.3. The van der Waals surface area contributed by atoms with Crippen molar-refractivity contribution in [1.82, 2.24) is 15.0 Å². The summed E-state index contributed by atoms with van der Waals surface area (Å²) >= 11 is 0. The first-order chi connectivity index (χ1) is 14.5. The van der Waals surface area contributed by atoms with E-state index in [0.717, 1.165) is 35.3 Å². The van der Waals surface area contributed by atoms with Crippen LogP contribution in [0.2, 0.25) is 0 Å². The van der Waals surface area contributed by atoms with Crippen LogP contribution in [0.5, 0.6) is 0 Å². The normalized spacial score (nSPS) is 12.5. The molecule has 3 aromatic rings. The lowest BCUT2D eigenvalue weighted by Gasteiger charge is -2.08. The molecule has 0 radical (unpaired) electrons. The van der Waals surface area contributed by atoms with Gasteiger partial charge >= 0.3 is 0 Å². The van der Waals surface area contributed by atoms with Gasteiger partial charge in [-0.25, -0.2) is 9.87 Å². The van der Waals surface area contributed by atoms with Gasteiger partial charge in [-0.15, -0.1) is 0 Å². The zero-order valence-electron chi connectivity index (χ0n) is 18.3. The second kappa shape index (κ2) is 11.4. The van der Waals surface area contributed by atoms with Gasteiger partial charge < -0.3 is 14.7 Å². The number of rotatable bonds is 6. The molecule has 7 heteroatoms. The Kier molecular flexibility index (Phi) is 8.95. The van der Waals surface area contributed by atoms with E-state index in [9.17, 15) is 9.18 Å². The maximum absolute atomic E-state index is 14.0. The van der Waals surface area contributed by atoms with Crippen molar-refractivity contribution in [1.29, 1.82) is 0 Å². The SMILES string of the molecule is CC.CNOCC1CC1.Cc1ccc(Nc2c(C=O)n(C)c3ccncc23)c(F)c1. The van der Waals surface area contributed by atoms with E-state index >= 15 is 0 Å². The van der Waals surface area contributed by atoms with Crippen LogP contribution in [0.15, 0.2) is 36.7 Å². The molecule has 1 aliphatic rings. The molecule has 1 aromatic carbocycles. The van der Waals surface area contributed by atoms with Gasteiger partial charge in [0.25, 0.3) is 0 Å². The number of carbonyl (C=O) groups excluding carboxylic acids is 1. The molecule has 0 spiro atoms. The standard InChI is InChI=1S/C16H14FN3O.C5H11NO.C2H6/c1-10-3-4-13(12(17)7-10)19-16-11-8-18-6-5-14(11)20(2)15(16)9-21;1-6-7-4-5-2-3-5;1-2/h3-9,19H,1-2H3;5-6H,2-4H2,1H3;1-2H3. The number of fused-ring (bicyclic) bond motifs is 1. The van der Waals surface area contributed by atoms with E-state index < -0.39 is 0 Å². The van der Waals surface area contributed by atoms with Gasteiger partial charge in [-0.05, 0) is 49.4 Å². The fraction of sp³-hybridized carbons (Fsp3) is 0.391. The Hall–Kier alpha value is -2.77. The number of aldehydes is 1. The summed E-state index contributed by atoms with van der Waals surface area (Å²) in [4.78, 5) is 20.4. The molecule has 30 heavy (non-hydrogen) atoms. The number of benzene rings is 1. The second-order valence-electron chi connectivity index (χ2n) is 6.90. The van der Waals surface area contributed by atoms with Crippen LogP contribution in [-0.2, 0) is 11.9 Å². The van der Waals surface area contributed by atoms with Crippen LogP contribution in [0.25, 0.3) is 10.9 Å². The van der Waals surface area contributed by atoms with Crippen LogP contribution in [0.4, 0.5) is 15.8 Å². The fourth-order valence-corrected chi connectivity index (χ4v) is 2.92. The quantitative estimate of drug-likeness (QED) is 0.431. The molecule has 0 bridgehead atoms. The minimum Gasteiger partial charge on any atom is -0.351 e. The molecule has 0 atom stereocenters. The third kappa shape index (κ3) is 5.87. The lowest BCUT2D eigenvalue weighted by molar-refractivity contribution is 0.0501. The van der Waals surface area contributed by atoms with Gasteiger partial charge in [0.1, 0.15) is 11.5 Å². The van der Waals surface area contributed by atoms with E-state index in [2.05, 4.69) is 15.8 Å². The first kappa shape index (κ1) is 23.5. The van der Waals surface area contributed by atoms with Crippen molar-refractivity contribution in [2.24, 2.45) is 13.0 Å². The number of hydrogen-bond acceptors (Lipinski definition) is 5. The molecule has 0 saturated heterocycles. The lowest BCUT2D eigenvalue weighted by atomic mass is 10.2.